The van der Waals surface area contributed by atoms with Gasteiger partial charge in [0.05, 0.1) is 28.9 Å². The third kappa shape index (κ3) is 3.22. The summed E-state index contributed by atoms with van der Waals surface area (Å²) in [6.45, 7) is 0.364. The highest BCUT2D eigenvalue weighted by Gasteiger charge is 2.63. The largest absolute Gasteiger partial charge is 0.494 e. The Hall–Kier alpha value is -4.13. The summed E-state index contributed by atoms with van der Waals surface area (Å²) in [4.78, 5) is 14.6. The first-order chi connectivity index (χ1) is 17.2. The Bertz CT molecular complexity index is 1430. The smallest absolute Gasteiger partial charge is 0.417 e. The van der Waals surface area contributed by atoms with Crippen molar-refractivity contribution >= 4 is 6.09 Å². The molecule has 4 aliphatic rings. The van der Waals surface area contributed by atoms with Crippen molar-refractivity contribution in [1.82, 2.24) is 9.47 Å². The van der Waals surface area contributed by atoms with Gasteiger partial charge in [-0.05, 0) is 42.0 Å². The molecular weight excluding hydrogens is 475 g/mol. The normalized spacial score (nSPS) is 23.6. The molecule has 2 N–H and O–H groups in total. The van der Waals surface area contributed by atoms with E-state index in [2.05, 4.69) is 0 Å². The molecule has 0 radical (unpaired) electrons. The molecule has 2 aliphatic carbocycles. The zero-order valence-corrected chi connectivity index (χ0v) is 18.7. The molecule has 36 heavy (non-hydrogen) atoms. The lowest BCUT2D eigenvalue weighted by Crippen LogP contribution is -2.46. The number of hydrogen-bond acceptors (Lipinski definition) is 5. The van der Waals surface area contributed by atoms with E-state index in [-0.39, 0.29) is 42.5 Å². The number of fused-ring (bicyclic) bond motifs is 1. The van der Waals surface area contributed by atoms with Crippen molar-refractivity contribution in [1.29, 1.82) is 5.26 Å². The molecule has 0 spiro atoms. The zero-order valence-electron chi connectivity index (χ0n) is 18.7. The van der Waals surface area contributed by atoms with Crippen molar-refractivity contribution in [3.63, 3.8) is 0 Å². The average molecular weight is 495 g/mol. The van der Waals surface area contributed by atoms with E-state index in [1.165, 1.54) is 12.1 Å². The number of amides is 1. The lowest BCUT2D eigenvalue weighted by Gasteiger charge is -2.43. The second kappa shape index (κ2) is 7.68. The maximum absolute atomic E-state index is 13.5. The minimum absolute atomic E-state index is 0.0772. The summed E-state index contributed by atoms with van der Waals surface area (Å²) in [5.41, 5.74) is -0.220. The van der Waals surface area contributed by atoms with Gasteiger partial charge in [0.2, 0.25) is 11.8 Å². The number of carbonyl (C=O) groups is 1. The molecule has 7 nitrogen and oxygen atoms in total. The van der Waals surface area contributed by atoms with Gasteiger partial charge in [-0.15, -0.1) is 0 Å². The molecule has 2 aromatic carbocycles. The molecule has 1 unspecified atom stereocenters. The Balaban J connectivity index is 1.38. The molecule has 1 saturated heterocycles. The third-order valence-corrected chi connectivity index (χ3v) is 7.53. The molecule has 10 heteroatoms. The Labute approximate surface area is 203 Å². The van der Waals surface area contributed by atoms with Gasteiger partial charge in [-0.25, -0.2) is 4.79 Å². The zero-order chi connectivity index (χ0) is 25.4. The standard InChI is InChI=1S/C26H20F3N3O4/c27-26(28,29)19-8-15(7-6-14(19)10-30)32-23(33)20-18-11-31(22(17-9-16(17)18)21(20)24(32)34)25(35)36-12-13-4-2-1-3-5-13/h1-8,16-18,22,33-34H,9,11-12H2/t16-,17+,18?,22-/m1/s1. The number of hydrogen-bond donors (Lipinski definition) is 2. The van der Waals surface area contributed by atoms with Gasteiger partial charge in [0.1, 0.15) is 6.61 Å². The number of alkyl halides is 3. The lowest BCUT2D eigenvalue weighted by molar-refractivity contribution is -0.137. The third-order valence-electron chi connectivity index (χ3n) is 7.53. The predicted octanol–water partition coefficient (Wildman–Crippen LogP) is 5.21. The van der Waals surface area contributed by atoms with Crippen molar-refractivity contribution in [3.05, 3.63) is 76.3 Å². The number of aromatic hydroxyl groups is 2. The van der Waals surface area contributed by atoms with Crippen LogP contribution in [0.4, 0.5) is 18.0 Å². The van der Waals surface area contributed by atoms with E-state index in [0.717, 1.165) is 28.7 Å². The number of benzene rings is 2. The van der Waals surface area contributed by atoms with Crippen LogP contribution in [-0.2, 0) is 17.5 Å². The van der Waals surface area contributed by atoms with Crippen molar-refractivity contribution in [2.24, 2.45) is 11.8 Å². The van der Waals surface area contributed by atoms with Crippen LogP contribution in [0.15, 0.2) is 48.5 Å². The van der Waals surface area contributed by atoms with Gasteiger partial charge >= 0.3 is 12.3 Å². The average Bonchev–Trinajstić information content (AvgIpc) is 3.64. The number of aromatic nitrogens is 1. The van der Waals surface area contributed by atoms with Crippen LogP contribution in [0, 0.1) is 23.2 Å². The van der Waals surface area contributed by atoms with E-state index in [9.17, 15) is 28.2 Å². The van der Waals surface area contributed by atoms with Crippen LogP contribution in [0.5, 0.6) is 11.8 Å². The highest BCUT2D eigenvalue weighted by molar-refractivity contribution is 5.72. The van der Waals surface area contributed by atoms with Crippen molar-refractivity contribution < 1.29 is 32.9 Å². The van der Waals surface area contributed by atoms with Gasteiger partial charge in [0, 0.05) is 23.6 Å². The van der Waals surface area contributed by atoms with Crippen LogP contribution in [-0.4, -0.2) is 32.3 Å². The monoisotopic (exact) mass is 495 g/mol. The minimum Gasteiger partial charge on any atom is -0.494 e. The fourth-order valence-corrected chi connectivity index (χ4v) is 5.91. The van der Waals surface area contributed by atoms with Crippen LogP contribution in [0.2, 0.25) is 0 Å². The Morgan fingerprint density at radius 3 is 2.50 bits per heavy atom. The maximum atomic E-state index is 13.5. The Morgan fingerprint density at radius 2 is 1.81 bits per heavy atom. The maximum Gasteiger partial charge on any atom is 0.417 e. The van der Waals surface area contributed by atoms with E-state index in [1.807, 2.05) is 30.3 Å². The summed E-state index contributed by atoms with van der Waals surface area (Å²) in [5.74, 6) is -0.743. The summed E-state index contributed by atoms with van der Waals surface area (Å²) < 4.78 is 47.1. The number of piperidine rings is 1. The van der Waals surface area contributed by atoms with E-state index in [0.29, 0.717) is 11.1 Å². The van der Waals surface area contributed by atoms with Crippen LogP contribution < -0.4 is 0 Å². The van der Waals surface area contributed by atoms with Crippen LogP contribution in [0.1, 0.15) is 46.2 Å². The summed E-state index contributed by atoms with van der Waals surface area (Å²) in [7, 11) is 0. The van der Waals surface area contributed by atoms with E-state index in [1.54, 1.807) is 4.90 Å². The molecule has 2 aliphatic heterocycles. The first-order valence-corrected chi connectivity index (χ1v) is 11.5. The van der Waals surface area contributed by atoms with Crippen molar-refractivity contribution in [2.75, 3.05) is 6.54 Å². The molecule has 184 valence electrons. The molecule has 3 heterocycles. The molecule has 4 atom stereocenters. The molecular formula is C26H20F3N3O4. The lowest BCUT2D eigenvalue weighted by atomic mass is 9.76. The predicted molar refractivity (Wildman–Crippen MR) is 119 cm³/mol. The summed E-state index contributed by atoms with van der Waals surface area (Å²) in [5, 5.41) is 31.3. The first kappa shape index (κ1) is 22.3. The fraction of sp³-hybridized carbons (Fsp3) is 0.308. The quantitative estimate of drug-likeness (QED) is 0.520. The van der Waals surface area contributed by atoms with Gasteiger partial charge in [0.25, 0.3) is 0 Å². The molecule has 2 fully saturated rings. The van der Waals surface area contributed by atoms with Crippen LogP contribution in [0.25, 0.3) is 5.69 Å². The van der Waals surface area contributed by atoms with Crippen LogP contribution in [0.3, 0.4) is 0 Å². The molecule has 2 bridgehead atoms. The van der Waals surface area contributed by atoms with Gasteiger partial charge < -0.3 is 19.8 Å². The summed E-state index contributed by atoms with van der Waals surface area (Å²) in [6.07, 6.45) is -4.52. The molecule has 7 rings (SSSR count). The number of nitriles is 1. The Morgan fingerprint density at radius 1 is 1.08 bits per heavy atom. The van der Waals surface area contributed by atoms with Crippen molar-refractivity contribution in [3.8, 4) is 23.5 Å². The highest BCUT2D eigenvalue weighted by atomic mass is 19.4. The SMILES string of the molecule is N#Cc1ccc(-n2c(O)c3c(c2O)[C@H]2[C@H]4C[C@H]4C3CN2C(=O)OCc2ccccc2)cc1C(F)(F)F. The van der Waals surface area contributed by atoms with Gasteiger partial charge in [0.15, 0.2) is 0 Å². The fourth-order valence-electron chi connectivity index (χ4n) is 5.91. The van der Waals surface area contributed by atoms with Gasteiger partial charge in [-0.2, -0.15) is 18.4 Å². The number of halogens is 3. The number of nitrogens with zero attached hydrogens (tertiary/aromatic N) is 3. The van der Waals surface area contributed by atoms with E-state index >= 15 is 0 Å². The topological polar surface area (TPSA) is 98.7 Å². The van der Waals surface area contributed by atoms with E-state index < -0.39 is 35.3 Å². The molecule has 3 aromatic rings. The number of ether oxygens (including phenoxy) is 1. The second-order valence-electron chi connectivity index (χ2n) is 9.46. The number of rotatable bonds is 3. The highest BCUT2D eigenvalue weighted by Crippen LogP contribution is 2.69. The van der Waals surface area contributed by atoms with E-state index in [4.69, 9.17) is 10.00 Å². The minimum atomic E-state index is -4.79. The summed E-state index contributed by atoms with van der Waals surface area (Å²) in [6, 6.07) is 13.2. The molecule has 1 aromatic heterocycles. The van der Waals surface area contributed by atoms with Crippen molar-refractivity contribution in [2.45, 2.75) is 31.2 Å². The second-order valence-corrected chi connectivity index (χ2v) is 9.46. The van der Waals surface area contributed by atoms with Crippen LogP contribution >= 0.6 is 0 Å². The molecule has 1 saturated carbocycles. The summed E-state index contributed by atoms with van der Waals surface area (Å²) >= 11 is 0. The van der Waals surface area contributed by atoms with Gasteiger partial charge in [-0.1, -0.05) is 30.3 Å². The van der Waals surface area contributed by atoms with Gasteiger partial charge in [-0.3, -0.25) is 4.57 Å². The number of carbonyl (C=O) groups excluding carboxylic acids is 1. The Kier molecular flexibility index (Phi) is 4.77. The first-order valence-electron chi connectivity index (χ1n) is 11.5. The molecule has 1 amide bonds.